The maximum atomic E-state index is 13.4. The van der Waals surface area contributed by atoms with E-state index in [4.69, 9.17) is 31.2 Å². The molecule has 0 unspecified atom stereocenters. The van der Waals surface area contributed by atoms with Gasteiger partial charge in [-0.2, -0.15) is 4.98 Å². The van der Waals surface area contributed by atoms with Crippen LogP contribution in [-0.2, 0) is 4.79 Å². The van der Waals surface area contributed by atoms with Gasteiger partial charge >= 0.3 is 0 Å². The zero-order chi connectivity index (χ0) is 23.3. The molecular weight excluding hydrogens is 440 g/mol. The molecular formula is C25H25ClN4O3. The Hall–Kier alpha value is -3.32. The molecule has 2 aromatic carbocycles. The molecule has 8 heteroatoms. The summed E-state index contributed by atoms with van der Waals surface area (Å²) < 4.78 is 12.7. The van der Waals surface area contributed by atoms with Gasteiger partial charge in [-0.15, -0.1) is 5.10 Å². The highest BCUT2D eigenvalue weighted by atomic mass is 35.5. The molecule has 2 aliphatic rings. The molecule has 7 nitrogen and oxygen atoms in total. The molecule has 2 heterocycles. The molecule has 1 N–H and O–H groups in total. The predicted molar refractivity (Wildman–Crippen MR) is 127 cm³/mol. The van der Waals surface area contributed by atoms with Crippen LogP contribution in [0.1, 0.15) is 38.3 Å². The summed E-state index contributed by atoms with van der Waals surface area (Å²) in [4.78, 5) is 18.2. The van der Waals surface area contributed by atoms with Crippen molar-refractivity contribution in [3.63, 3.8) is 0 Å². The maximum Gasteiger partial charge on any atom is 0.226 e. The summed E-state index contributed by atoms with van der Waals surface area (Å²) in [7, 11) is 3.20. The van der Waals surface area contributed by atoms with Crippen LogP contribution in [0.2, 0.25) is 5.02 Å². The van der Waals surface area contributed by atoms with E-state index >= 15 is 0 Å². The number of carbonyl (C=O) groups is 1. The minimum Gasteiger partial charge on any atom is -0.493 e. The zero-order valence-electron chi connectivity index (χ0n) is 19.0. The summed E-state index contributed by atoms with van der Waals surface area (Å²) in [5.74, 6) is 2.46. The van der Waals surface area contributed by atoms with Crippen LogP contribution in [0, 0.1) is 5.41 Å². The second-order valence-corrected chi connectivity index (χ2v) is 9.63. The smallest absolute Gasteiger partial charge is 0.226 e. The van der Waals surface area contributed by atoms with Crippen molar-refractivity contribution in [2.75, 3.05) is 19.5 Å². The van der Waals surface area contributed by atoms with Gasteiger partial charge in [0.25, 0.3) is 0 Å². The van der Waals surface area contributed by atoms with Crippen LogP contribution < -0.4 is 14.8 Å². The van der Waals surface area contributed by atoms with Crippen LogP contribution in [-0.4, -0.2) is 34.8 Å². The van der Waals surface area contributed by atoms with Crippen molar-refractivity contribution >= 4 is 23.3 Å². The number of methoxy groups -OCH3 is 2. The molecule has 0 fully saturated rings. The number of rotatable bonds is 4. The molecule has 0 spiro atoms. The quantitative estimate of drug-likeness (QED) is 0.566. The summed E-state index contributed by atoms with van der Waals surface area (Å²) >= 11 is 6.20. The minimum atomic E-state index is -0.430. The highest BCUT2D eigenvalue weighted by molar-refractivity contribution is 6.30. The van der Waals surface area contributed by atoms with E-state index in [0.717, 1.165) is 28.8 Å². The molecule has 1 aliphatic heterocycles. The van der Waals surface area contributed by atoms with E-state index in [2.05, 4.69) is 19.2 Å². The molecule has 0 saturated heterocycles. The van der Waals surface area contributed by atoms with Crippen LogP contribution in [0.3, 0.4) is 0 Å². The molecule has 0 saturated carbocycles. The molecule has 1 aliphatic carbocycles. The number of anilines is 1. The second kappa shape index (κ2) is 7.92. The Labute approximate surface area is 197 Å². The molecule has 3 aromatic rings. The van der Waals surface area contributed by atoms with Crippen molar-refractivity contribution in [2.24, 2.45) is 5.41 Å². The number of hydrogen-bond acceptors (Lipinski definition) is 6. The lowest BCUT2D eigenvalue weighted by atomic mass is 9.73. The molecule has 0 bridgehead atoms. The normalized spacial score (nSPS) is 18.9. The zero-order valence-corrected chi connectivity index (χ0v) is 19.7. The van der Waals surface area contributed by atoms with E-state index in [1.54, 1.807) is 18.9 Å². The van der Waals surface area contributed by atoms with Crippen molar-refractivity contribution in [1.82, 2.24) is 14.8 Å². The average Bonchev–Trinajstić information content (AvgIpc) is 3.20. The van der Waals surface area contributed by atoms with E-state index in [-0.39, 0.29) is 11.2 Å². The third-order valence-electron chi connectivity index (χ3n) is 6.14. The van der Waals surface area contributed by atoms with Crippen LogP contribution in [0.25, 0.3) is 11.4 Å². The molecule has 170 valence electrons. The average molecular weight is 465 g/mol. The van der Waals surface area contributed by atoms with Gasteiger partial charge in [0.2, 0.25) is 5.95 Å². The summed E-state index contributed by atoms with van der Waals surface area (Å²) in [6, 6.07) is 12.7. The molecule has 0 amide bonds. The summed E-state index contributed by atoms with van der Waals surface area (Å²) in [5.41, 5.74) is 3.16. The van der Waals surface area contributed by atoms with Crippen LogP contribution in [0.5, 0.6) is 11.5 Å². The molecule has 5 rings (SSSR count). The van der Waals surface area contributed by atoms with E-state index in [9.17, 15) is 4.79 Å². The summed E-state index contributed by atoms with van der Waals surface area (Å²) in [5, 5.41) is 8.82. The van der Waals surface area contributed by atoms with Crippen LogP contribution in [0.15, 0.2) is 53.7 Å². The van der Waals surface area contributed by atoms with Gasteiger partial charge in [-0.05, 0) is 41.7 Å². The summed E-state index contributed by atoms with van der Waals surface area (Å²) in [6.07, 6.45) is 1.22. The van der Waals surface area contributed by atoms with Crippen molar-refractivity contribution in [3.05, 3.63) is 64.3 Å². The Morgan fingerprint density at radius 1 is 1.09 bits per heavy atom. The number of fused-ring (bicyclic) bond motifs is 1. The maximum absolute atomic E-state index is 13.4. The van der Waals surface area contributed by atoms with Crippen molar-refractivity contribution < 1.29 is 14.3 Å². The lowest BCUT2D eigenvalue weighted by Crippen LogP contribution is -2.36. The first kappa shape index (κ1) is 21.5. The van der Waals surface area contributed by atoms with Gasteiger partial charge in [-0.25, -0.2) is 4.68 Å². The number of halogens is 1. The fourth-order valence-corrected chi connectivity index (χ4v) is 4.88. The van der Waals surface area contributed by atoms with Crippen LogP contribution >= 0.6 is 11.6 Å². The largest absolute Gasteiger partial charge is 0.493 e. The molecule has 1 aromatic heterocycles. The van der Waals surface area contributed by atoms with E-state index in [1.807, 2.05) is 42.5 Å². The Kier molecular flexibility index (Phi) is 5.16. The van der Waals surface area contributed by atoms with Gasteiger partial charge < -0.3 is 14.8 Å². The number of ketones is 1. The number of allylic oxidation sites excluding steroid dienone is 2. The van der Waals surface area contributed by atoms with Gasteiger partial charge in [0.15, 0.2) is 23.1 Å². The first-order valence-corrected chi connectivity index (χ1v) is 11.1. The minimum absolute atomic E-state index is 0.110. The molecule has 0 radical (unpaired) electrons. The van der Waals surface area contributed by atoms with Crippen molar-refractivity contribution in [1.29, 1.82) is 0 Å². The number of aromatic nitrogens is 3. The van der Waals surface area contributed by atoms with Gasteiger partial charge in [0.05, 0.1) is 14.2 Å². The number of nitrogens with one attached hydrogen (secondary N) is 1. The van der Waals surface area contributed by atoms with Gasteiger partial charge in [-0.1, -0.05) is 43.6 Å². The number of carbonyl (C=O) groups excluding carboxylic acids is 1. The highest BCUT2D eigenvalue weighted by Gasteiger charge is 2.42. The lowest BCUT2D eigenvalue weighted by Gasteiger charge is -2.38. The van der Waals surface area contributed by atoms with Crippen molar-refractivity contribution in [2.45, 2.75) is 32.7 Å². The number of hydrogen-bond donors (Lipinski definition) is 1. The first-order chi connectivity index (χ1) is 15.8. The van der Waals surface area contributed by atoms with Crippen molar-refractivity contribution in [3.8, 4) is 22.9 Å². The Morgan fingerprint density at radius 2 is 1.88 bits per heavy atom. The molecule has 33 heavy (non-hydrogen) atoms. The van der Waals surface area contributed by atoms with Gasteiger partial charge in [0.1, 0.15) is 6.04 Å². The van der Waals surface area contributed by atoms with E-state index < -0.39 is 6.04 Å². The topological polar surface area (TPSA) is 78.3 Å². The Balaban J connectivity index is 1.69. The third kappa shape index (κ3) is 3.76. The number of ether oxygens (including phenoxy) is 2. The number of nitrogens with zero attached hydrogens (tertiary/aromatic N) is 3. The standard InChI is InChI=1S/C25H25ClN4O3/c1-25(2)12-17-21(18(31)13-25)22(14-8-9-19(32-3)20(11-14)33-4)30-24(27-17)28-23(29-30)15-6-5-7-16(26)10-15/h5-11,22H,12-13H2,1-4H3,(H,27,28,29)/t22-/m0/s1. The Bertz CT molecular complexity index is 1290. The first-order valence-electron chi connectivity index (χ1n) is 10.8. The number of Topliss-reactive ketones (excluding diaryl/α,β-unsaturated/α-hetero) is 1. The molecule has 1 atom stereocenters. The predicted octanol–water partition coefficient (Wildman–Crippen LogP) is 5.27. The van der Waals surface area contributed by atoms with Crippen LogP contribution in [0.4, 0.5) is 5.95 Å². The summed E-state index contributed by atoms with van der Waals surface area (Å²) in [6.45, 7) is 4.22. The van der Waals surface area contributed by atoms with Gasteiger partial charge in [-0.3, -0.25) is 4.79 Å². The highest BCUT2D eigenvalue weighted by Crippen LogP contribution is 2.46. The third-order valence-corrected chi connectivity index (χ3v) is 6.37. The SMILES string of the molecule is COc1ccc([C@H]2C3=C(CC(C)(C)CC3=O)Nc3nc(-c4cccc(Cl)c4)nn32)cc1OC. The van der Waals surface area contributed by atoms with E-state index in [0.29, 0.717) is 34.7 Å². The second-order valence-electron chi connectivity index (χ2n) is 9.19. The lowest BCUT2D eigenvalue weighted by molar-refractivity contribution is -0.118. The fourth-order valence-electron chi connectivity index (χ4n) is 4.69. The number of benzene rings is 2. The van der Waals surface area contributed by atoms with Gasteiger partial charge in [0, 0.05) is 28.3 Å². The Morgan fingerprint density at radius 3 is 2.61 bits per heavy atom. The van der Waals surface area contributed by atoms with E-state index in [1.165, 1.54) is 0 Å². The fraction of sp³-hybridized carbons (Fsp3) is 0.320. The monoisotopic (exact) mass is 464 g/mol.